The Labute approximate surface area is 173 Å². The highest BCUT2D eigenvalue weighted by Gasteiger charge is 2.24. The van der Waals surface area contributed by atoms with E-state index in [1.54, 1.807) is 33.4 Å². The van der Waals surface area contributed by atoms with Crippen LogP contribution in [0, 0.1) is 6.92 Å². The molecule has 2 aromatic rings. The molecular weight excluding hydrogens is 388 g/mol. The number of nitrogens with zero attached hydrogens (tertiary/aromatic N) is 3. The number of fused-ring (bicyclic) bond motifs is 1. The van der Waals surface area contributed by atoms with Crippen molar-refractivity contribution in [3.8, 4) is 0 Å². The summed E-state index contributed by atoms with van der Waals surface area (Å²) in [6, 6.07) is 3.68. The lowest BCUT2D eigenvalue weighted by molar-refractivity contribution is -0.122. The summed E-state index contributed by atoms with van der Waals surface area (Å²) in [5.41, 5.74) is 1.00. The molecule has 4 rings (SSSR count). The third kappa shape index (κ3) is 4.32. The van der Waals surface area contributed by atoms with Crippen molar-refractivity contribution in [2.24, 2.45) is 0 Å². The third-order valence-corrected chi connectivity index (χ3v) is 6.57. The van der Waals surface area contributed by atoms with Crippen LogP contribution in [-0.2, 0) is 11.3 Å². The Balaban J connectivity index is 1.70. The summed E-state index contributed by atoms with van der Waals surface area (Å²) < 4.78 is 1.65. The van der Waals surface area contributed by atoms with Gasteiger partial charge in [-0.15, -0.1) is 0 Å². The molecule has 1 aliphatic heterocycles. The summed E-state index contributed by atoms with van der Waals surface area (Å²) in [4.78, 5) is 44.9. The SMILES string of the molecule is Cc1ccc2c(=O)c(C(=O)N3CCSCC3)cn(CC(=O)NC3CCCC3)c2n1. The zero-order valence-electron chi connectivity index (χ0n) is 16.6. The lowest BCUT2D eigenvalue weighted by atomic mass is 10.1. The maximum Gasteiger partial charge on any atom is 0.259 e. The molecular formula is C21H26N4O3S. The molecule has 1 aliphatic carbocycles. The van der Waals surface area contributed by atoms with Crippen molar-refractivity contribution in [2.75, 3.05) is 24.6 Å². The Morgan fingerprint density at radius 1 is 1.21 bits per heavy atom. The first-order valence-corrected chi connectivity index (χ1v) is 11.4. The second-order valence-electron chi connectivity index (χ2n) is 7.78. The number of amides is 2. The van der Waals surface area contributed by atoms with E-state index in [-0.39, 0.29) is 35.4 Å². The highest BCUT2D eigenvalue weighted by Crippen LogP contribution is 2.18. The maximum absolute atomic E-state index is 13.0. The van der Waals surface area contributed by atoms with Crippen LogP contribution in [0.3, 0.4) is 0 Å². The van der Waals surface area contributed by atoms with Crippen molar-refractivity contribution < 1.29 is 9.59 Å². The maximum atomic E-state index is 13.0. The van der Waals surface area contributed by atoms with E-state index in [0.717, 1.165) is 42.9 Å². The van der Waals surface area contributed by atoms with Crippen molar-refractivity contribution in [1.29, 1.82) is 0 Å². The number of thioether (sulfide) groups is 1. The van der Waals surface area contributed by atoms with Gasteiger partial charge in [0, 0.05) is 42.5 Å². The van der Waals surface area contributed by atoms with Crippen LogP contribution in [0.5, 0.6) is 0 Å². The molecule has 0 spiro atoms. The average molecular weight is 415 g/mol. The van der Waals surface area contributed by atoms with Gasteiger partial charge in [-0.3, -0.25) is 14.4 Å². The summed E-state index contributed by atoms with van der Waals surface area (Å²) in [6.45, 7) is 3.15. The van der Waals surface area contributed by atoms with Crippen LogP contribution >= 0.6 is 11.8 Å². The van der Waals surface area contributed by atoms with Crippen LogP contribution in [0.15, 0.2) is 23.1 Å². The fourth-order valence-electron chi connectivity index (χ4n) is 4.07. The molecule has 0 bridgehead atoms. The highest BCUT2D eigenvalue weighted by atomic mass is 32.2. The van der Waals surface area contributed by atoms with Crippen LogP contribution < -0.4 is 10.7 Å². The number of hydrogen-bond donors (Lipinski definition) is 1. The summed E-state index contributed by atoms with van der Waals surface area (Å²) >= 11 is 1.81. The van der Waals surface area contributed by atoms with Gasteiger partial charge in [-0.2, -0.15) is 11.8 Å². The molecule has 2 fully saturated rings. The van der Waals surface area contributed by atoms with Gasteiger partial charge in [0.15, 0.2) is 0 Å². The molecule has 3 heterocycles. The molecule has 1 N–H and O–H groups in total. The first-order valence-electron chi connectivity index (χ1n) is 10.2. The molecule has 8 heteroatoms. The van der Waals surface area contributed by atoms with Crippen molar-refractivity contribution in [2.45, 2.75) is 45.2 Å². The first-order chi connectivity index (χ1) is 14.0. The number of rotatable bonds is 4. The monoisotopic (exact) mass is 414 g/mol. The normalized spacial score (nSPS) is 17.6. The van der Waals surface area contributed by atoms with Crippen molar-refractivity contribution >= 4 is 34.6 Å². The zero-order valence-corrected chi connectivity index (χ0v) is 17.5. The number of aromatic nitrogens is 2. The summed E-state index contributed by atoms with van der Waals surface area (Å²) in [5, 5.41) is 3.45. The molecule has 0 radical (unpaired) electrons. The fraction of sp³-hybridized carbons (Fsp3) is 0.524. The number of carbonyl (C=O) groups is 2. The van der Waals surface area contributed by atoms with Gasteiger partial charge in [0.2, 0.25) is 11.3 Å². The Kier molecular flexibility index (Phi) is 5.89. The molecule has 154 valence electrons. The number of carbonyl (C=O) groups excluding carboxylic acids is 2. The summed E-state index contributed by atoms with van der Waals surface area (Å²) in [7, 11) is 0. The van der Waals surface area contributed by atoms with Crippen molar-refractivity contribution in [1.82, 2.24) is 19.8 Å². The largest absolute Gasteiger partial charge is 0.352 e. The topological polar surface area (TPSA) is 84.3 Å². The van der Waals surface area contributed by atoms with E-state index in [1.165, 1.54) is 6.20 Å². The molecule has 7 nitrogen and oxygen atoms in total. The van der Waals surface area contributed by atoms with E-state index in [1.807, 2.05) is 6.92 Å². The molecule has 2 aromatic heterocycles. The van der Waals surface area contributed by atoms with Crippen LogP contribution in [0.1, 0.15) is 41.7 Å². The quantitative estimate of drug-likeness (QED) is 0.827. The number of pyridine rings is 2. The Bertz CT molecular complexity index is 991. The van der Waals surface area contributed by atoms with Gasteiger partial charge in [-0.25, -0.2) is 4.98 Å². The van der Waals surface area contributed by atoms with Gasteiger partial charge in [0.05, 0.1) is 5.39 Å². The van der Waals surface area contributed by atoms with Gasteiger partial charge in [-0.1, -0.05) is 12.8 Å². The number of aryl methyl sites for hydroxylation is 1. The van der Waals surface area contributed by atoms with Gasteiger partial charge in [0.1, 0.15) is 17.8 Å². The van der Waals surface area contributed by atoms with E-state index in [9.17, 15) is 14.4 Å². The number of hydrogen-bond acceptors (Lipinski definition) is 5. The minimum Gasteiger partial charge on any atom is -0.352 e. The van der Waals surface area contributed by atoms with Crippen LogP contribution in [0.2, 0.25) is 0 Å². The summed E-state index contributed by atoms with van der Waals surface area (Å²) in [5.74, 6) is 1.37. The fourth-order valence-corrected chi connectivity index (χ4v) is 4.97. The molecule has 2 amide bonds. The van der Waals surface area contributed by atoms with Gasteiger partial charge in [0.25, 0.3) is 5.91 Å². The number of nitrogens with one attached hydrogen (secondary N) is 1. The zero-order chi connectivity index (χ0) is 20.4. The first kappa shape index (κ1) is 19.9. The second kappa shape index (κ2) is 8.57. The van der Waals surface area contributed by atoms with E-state index in [0.29, 0.717) is 24.1 Å². The molecule has 29 heavy (non-hydrogen) atoms. The summed E-state index contributed by atoms with van der Waals surface area (Å²) in [6.07, 6.45) is 5.81. The van der Waals surface area contributed by atoms with Crippen LogP contribution in [0.25, 0.3) is 11.0 Å². The molecule has 2 aliphatic rings. The second-order valence-corrected chi connectivity index (χ2v) is 9.00. The van der Waals surface area contributed by atoms with Gasteiger partial charge >= 0.3 is 0 Å². The predicted octanol–water partition coefficient (Wildman–Crippen LogP) is 1.95. The third-order valence-electron chi connectivity index (χ3n) is 5.62. The molecule has 0 aromatic carbocycles. The smallest absolute Gasteiger partial charge is 0.259 e. The van der Waals surface area contributed by atoms with Crippen molar-refractivity contribution in [3.63, 3.8) is 0 Å². The minimum atomic E-state index is -0.317. The predicted molar refractivity (Wildman–Crippen MR) is 114 cm³/mol. The Morgan fingerprint density at radius 2 is 1.93 bits per heavy atom. The molecule has 0 unspecified atom stereocenters. The van der Waals surface area contributed by atoms with Crippen LogP contribution in [-0.4, -0.2) is 56.9 Å². The molecule has 0 atom stereocenters. The lowest BCUT2D eigenvalue weighted by Crippen LogP contribution is -2.40. The standard InChI is InChI=1S/C21H26N4O3S/c1-14-6-7-16-19(27)17(21(28)24-8-10-29-11-9-24)12-25(20(16)22-14)13-18(26)23-15-4-2-3-5-15/h6-7,12,15H,2-5,8-11,13H2,1H3,(H,23,26). The average Bonchev–Trinajstić information content (AvgIpc) is 3.23. The van der Waals surface area contributed by atoms with E-state index in [4.69, 9.17) is 0 Å². The van der Waals surface area contributed by atoms with E-state index < -0.39 is 0 Å². The van der Waals surface area contributed by atoms with Crippen LogP contribution in [0.4, 0.5) is 0 Å². The van der Waals surface area contributed by atoms with E-state index >= 15 is 0 Å². The molecule has 1 saturated heterocycles. The van der Waals surface area contributed by atoms with Gasteiger partial charge < -0.3 is 14.8 Å². The minimum absolute atomic E-state index is 0.0415. The molecule has 1 saturated carbocycles. The van der Waals surface area contributed by atoms with Gasteiger partial charge in [-0.05, 0) is 31.9 Å². The Hall–Kier alpha value is -2.35. The van der Waals surface area contributed by atoms with E-state index in [2.05, 4.69) is 10.3 Å². The Morgan fingerprint density at radius 3 is 2.66 bits per heavy atom. The highest BCUT2D eigenvalue weighted by molar-refractivity contribution is 7.99. The lowest BCUT2D eigenvalue weighted by Gasteiger charge is -2.26. The van der Waals surface area contributed by atoms with Crippen molar-refractivity contribution in [3.05, 3.63) is 39.8 Å².